The van der Waals surface area contributed by atoms with Crippen LogP contribution in [0.25, 0.3) is 42.7 Å². The Morgan fingerprint density at radius 3 is 1.70 bits per heavy atom. The van der Waals surface area contributed by atoms with Gasteiger partial charge in [0.25, 0.3) is 0 Å². The molecule has 0 fully saturated rings. The second kappa shape index (κ2) is 13.5. The summed E-state index contributed by atoms with van der Waals surface area (Å²) >= 11 is 1.73. The zero-order valence-corrected chi connectivity index (χ0v) is 36.1. The number of hydrogen-bond donors (Lipinski definition) is 1. The Bertz CT molecular complexity index is 2380. The first-order valence-corrected chi connectivity index (χ1v) is 20.2. The molecule has 1 aromatic heterocycles. The van der Waals surface area contributed by atoms with Crippen molar-refractivity contribution in [3.8, 4) is 27.4 Å². The summed E-state index contributed by atoms with van der Waals surface area (Å²) in [6.07, 6.45) is 1.85. The van der Waals surface area contributed by atoms with Gasteiger partial charge in [-0.25, -0.2) is 4.98 Å². The third-order valence-corrected chi connectivity index (χ3v) is 11.6. The number of fused-ring (bicyclic) bond motifs is 2. The molecule has 0 spiro atoms. The van der Waals surface area contributed by atoms with Gasteiger partial charge in [-0.1, -0.05) is 158 Å². The topological polar surface area (TPSA) is 45.5 Å². The van der Waals surface area contributed by atoms with Gasteiger partial charge >= 0.3 is 0 Å². The lowest BCUT2D eigenvalue weighted by Gasteiger charge is -2.27. The zero-order chi connectivity index (χ0) is 39.8. The molecular formula is C50H60N2OS. The summed E-state index contributed by atoms with van der Waals surface area (Å²) in [7, 11) is 0. The van der Waals surface area contributed by atoms with E-state index in [4.69, 9.17) is 9.98 Å². The van der Waals surface area contributed by atoms with E-state index in [9.17, 15) is 5.11 Å². The van der Waals surface area contributed by atoms with Gasteiger partial charge in [0.15, 0.2) is 0 Å². The Hall–Kier alpha value is -4.28. The third-order valence-electron chi connectivity index (χ3n) is 10.6. The minimum absolute atomic E-state index is 0.00349. The van der Waals surface area contributed by atoms with Crippen molar-refractivity contribution < 1.29 is 5.11 Å². The van der Waals surface area contributed by atoms with Crippen molar-refractivity contribution >= 4 is 44.2 Å². The van der Waals surface area contributed by atoms with E-state index >= 15 is 0 Å². The van der Waals surface area contributed by atoms with E-state index in [0.29, 0.717) is 0 Å². The highest BCUT2D eigenvalue weighted by atomic mass is 32.1. The number of rotatable bonds is 4. The van der Waals surface area contributed by atoms with Crippen molar-refractivity contribution in [2.45, 2.75) is 131 Å². The monoisotopic (exact) mass is 736 g/mol. The van der Waals surface area contributed by atoms with Crippen molar-refractivity contribution in [1.29, 1.82) is 0 Å². The molecule has 0 aliphatic rings. The maximum Gasteiger partial charge on any atom is 0.128 e. The predicted molar refractivity (Wildman–Crippen MR) is 237 cm³/mol. The fourth-order valence-electron chi connectivity index (χ4n) is 6.91. The van der Waals surface area contributed by atoms with Crippen LogP contribution in [0.5, 0.6) is 5.75 Å². The quantitative estimate of drug-likeness (QED) is 0.183. The number of aromatic nitrogens is 1. The van der Waals surface area contributed by atoms with Gasteiger partial charge < -0.3 is 5.11 Å². The summed E-state index contributed by atoms with van der Waals surface area (Å²) in [6, 6.07) is 28.9. The summed E-state index contributed by atoms with van der Waals surface area (Å²) in [6.45, 7) is 33.7. The Labute approximate surface area is 328 Å². The summed E-state index contributed by atoms with van der Waals surface area (Å²) in [5, 5.41) is 14.8. The molecule has 0 amide bonds. The highest BCUT2D eigenvalue weighted by molar-refractivity contribution is 7.21. The van der Waals surface area contributed by atoms with E-state index in [1.807, 2.05) is 6.21 Å². The molecule has 0 atom stereocenters. The van der Waals surface area contributed by atoms with Crippen LogP contribution in [-0.4, -0.2) is 16.3 Å². The lowest BCUT2D eigenvalue weighted by molar-refractivity contribution is 0.444. The first kappa shape index (κ1) is 39.4. The van der Waals surface area contributed by atoms with Crippen molar-refractivity contribution in [2.24, 2.45) is 4.99 Å². The molecule has 0 saturated carbocycles. The smallest absolute Gasteiger partial charge is 0.128 e. The number of phenolic OH excluding ortho intramolecular Hbond substituents is 1. The van der Waals surface area contributed by atoms with Crippen molar-refractivity contribution in [2.75, 3.05) is 0 Å². The number of nitrogens with zero attached hydrogens (tertiary/aromatic N) is 2. The van der Waals surface area contributed by atoms with Crippen molar-refractivity contribution in [3.63, 3.8) is 0 Å². The molecule has 0 aliphatic carbocycles. The fourth-order valence-corrected chi connectivity index (χ4v) is 7.97. The molecule has 0 bridgehead atoms. The minimum Gasteiger partial charge on any atom is -0.507 e. The molecule has 54 heavy (non-hydrogen) atoms. The highest BCUT2D eigenvalue weighted by Crippen LogP contribution is 2.45. The van der Waals surface area contributed by atoms with Gasteiger partial charge in [-0.05, 0) is 84.5 Å². The van der Waals surface area contributed by atoms with Crippen LogP contribution < -0.4 is 0 Å². The van der Waals surface area contributed by atoms with Gasteiger partial charge in [-0.2, -0.15) is 0 Å². The minimum atomic E-state index is -0.233. The lowest BCUT2D eigenvalue weighted by atomic mass is 9.78. The third kappa shape index (κ3) is 7.91. The number of aliphatic imine (C=N–C) groups is 1. The van der Waals surface area contributed by atoms with Gasteiger partial charge in [0.1, 0.15) is 10.8 Å². The molecule has 5 aromatic carbocycles. The summed E-state index contributed by atoms with van der Waals surface area (Å²) in [5.41, 5.74) is 11.6. The summed E-state index contributed by atoms with van der Waals surface area (Å²) < 4.78 is 1.17. The maximum atomic E-state index is 11.7. The number of thiazole rings is 1. The van der Waals surface area contributed by atoms with E-state index in [0.717, 1.165) is 43.7 Å². The number of phenols is 1. The van der Waals surface area contributed by atoms with Gasteiger partial charge in [-0.15, -0.1) is 11.3 Å². The molecule has 0 saturated heterocycles. The van der Waals surface area contributed by atoms with Crippen LogP contribution in [-0.2, 0) is 27.1 Å². The molecule has 6 rings (SSSR count). The van der Waals surface area contributed by atoms with Crippen LogP contribution >= 0.6 is 11.3 Å². The second-order valence-corrected chi connectivity index (χ2v) is 21.4. The van der Waals surface area contributed by atoms with Crippen molar-refractivity contribution in [3.05, 3.63) is 112 Å². The maximum absolute atomic E-state index is 11.7. The second-order valence-electron chi connectivity index (χ2n) is 20.3. The summed E-state index contributed by atoms with van der Waals surface area (Å²) in [4.78, 5) is 10.7. The predicted octanol–water partition coefficient (Wildman–Crippen LogP) is 14.7. The van der Waals surface area contributed by atoms with Crippen LogP contribution in [0, 0.1) is 0 Å². The van der Waals surface area contributed by atoms with E-state index in [1.165, 1.54) is 38.1 Å². The van der Waals surface area contributed by atoms with Gasteiger partial charge in [0, 0.05) is 33.9 Å². The average molecular weight is 737 g/mol. The summed E-state index contributed by atoms with van der Waals surface area (Å²) in [5.74, 6) is 0.285. The number of hydrogen-bond acceptors (Lipinski definition) is 4. The van der Waals surface area contributed by atoms with E-state index < -0.39 is 0 Å². The Kier molecular flexibility index (Phi) is 9.84. The van der Waals surface area contributed by atoms with Crippen LogP contribution in [0.1, 0.15) is 137 Å². The van der Waals surface area contributed by atoms with E-state index in [1.54, 1.807) is 11.3 Å². The fraction of sp³-hybridized carbons (Fsp3) is 0.400. The molecular weight excluding hydrogens is 677 g/mol. The first-order chi connectivity index (χ1) is 24.8. The highest BCUT2D eigenvalue weighted by Gasteiger charge is 2.27. The molecule has 0 radical (unpaired) electrons. The molecule has 1 heterocycles. The standard InChI is InChI=1S/C50H60N2OS/c1-46(2,3)33-22-31(23-34(25-33)47(4,5)6)39-26-36(49(10,11)12)28-41-43(39)52-45(54-41)38-21-20-30-18-16-17-19-37(30)42(38)51-29-32-24-35(48(7,8)9)27-40(44(32)53)50(13,14)15/h16-29,53H,1-15H3. The van der Waals surface area contributed by atoms with Crippen LogP contribution in [0.4, 0.5) is 5.69 Å². The lowest BCUT2D eigenvalue weighted by Crippen LogP contribution is -2.17. The Morgan fingerprint density at radius 1 is 0.574 bits per heavy atom. The Balaban J connectivity index is 1.62. The zero-order valence-electron chi connectivity index (χ0n) is 35.3. The molecule has 1 N–H and O–H groups in total. The largest absolute Gasteiger partial charge is 0.507 e. The van der Waals surface area contributed by atoms with Crippen molar-refractivity contribution in [1.82, 2.24) is 4.98 Å². The van der Waals surface area contributed by atoms with Gasteiger partial charge in [0.05, 0.1) is 15.9 Å². The van der Waals surface area contributed by atoms with Gasteiger partial charge in [0.2, 0.25) is 0 Å². The number of aromatic hydroxyl groups is 1. The molecule has 3 nitrogen and oxygen atoms in total. The molecule has 6 aromatic rings. The van der Waals surface area contributed by atoms with Gasteiger partial charge in [-0.3, -0.25) is 4.99 Å². The molecule has 282 valence electrons. The average Bonchev–Trinajstić information content (AvgIpc) is 3.49. The molecule has 4 heteroatoms. The van der Waals surface area contributed by atoms with E-state index in [2.05, 4.69) is 183 Å². The Morgan fingerprint density at radius 2 is 1.13 bits per heavy atom. The van der Waals surface area contributed by atoms with Crippen LogP contribution in [0.15, 0.2) is 83.9 Å². The first-order valence-electron chi connectivity index (χ1n) is 19.4. The van der Waals surface area contributed by atoms with Crippen LogP contribution in [0.2, 0.25) is 0 Å². The van der Waals surface area contributed by atoms with E-state index in [-0.39, 0.29) is 32.8 Å². The van der Waals surface area contributed by atoms with Crippen LogP contribution in [0.3, 0.4) is 0 Å². The SMILES string of the molecule is CC(C)(C)c1cc(-c2cc(C(C)(C)C)cc3sc(-c4ccc5ccccc5c4N=Cc4cc(C(C)(C)C)cc(C(C)(C)C)c4O)nc23)cc(C(C)(C)C)c1. The normalized spacial score (nSPS) is 13.5. The molecule has 0 aliphatic heterocycles. The molecule has 0 unspecified atom stereocenters. The number of benzene rings is 5.